The van der Waals surface area contributed by atoms with Crippen LogP contribution in [0.5, 0.6) is 5.75 Å². The number of ether oxygens (including phenoxy) is 1. The zero-order valence-corrected chi connectivity index (χ0v) is 17.5. The number of hydrogen-bond acceptors (Lipinski definition) is 8. The van der Waals surface area contributed by atoms with Crippen LogP contribution in [0.2, 0.25) is 0 Å². The van der Waals surface area contributed by atoms with E-state index >= 15 is 0 Å². The highest BCUT2D eigenvalue weighted by atomic mass is 16.5. The van der Waals surface area contributed by atoms with Gasteiger partial charge in [-0.3, -0.25) is 0 Å². The molecule has 30 heavy (non-hydrogen) atoms. The van der Waals surface area contributed by atoms with Gasteiger partial charge < -0.3 is 30.9 Å². The van der Waals surface area contributed by atoms with Crippen molar-refractivity contribution in [3.8, 4) is 5.75 Å². The molecule has 1 aromatic carbocycles. The fraction of sp³-hybridized carbons (Fsp3) is 0.476. The first-order valence-electron chi connectivity index (χ1n) is 10.4. The van der Waals surface area contributed by atoms with Crippen LogP contribution in [0, 0.1) is 0 Å². The van der Waals surface area contributed by atoms with Gasteiger partial charge in [0.05, 0.1) is 6.04 Å². The molecule has 1 aromatic heterocycles. The first-order valence-corrected chi connectivity index (χ1v) is 10.4. The first kappa shape index (κ1) is 20.2. The summed E-state index contributed by atoms with van der Waals surface area (Å²) in [7, 11) is 2.13. The van der Waals surface area contributed by atoms with E-state index in [2.05, 4.69) is 38.6 Å². The minimum atomic E-state index is -0.809. The maximum atomic E-state index is 11.2. The number of likely N-dealkylation sites (N-methyl/N-ethyl adjacent to an activating group) is 1. The van der Waals surface area contributed by atoms with Crippen LogP contribution >= 0.6 is 0 Å². The van der Waals surface area contributed by atoms with E-state index < -0.39 is 6.09 Å². The van der Waals surface area contributed by atoms with Gasteiger partial charge in [-0.2, -0.15) is 9.97 Å². The summed E-state index contributed by atoms with van der Waals surface area (Å²) >= 11 is 0. The quantitative estimate of drug-likeness (QED) is 0.783. The zero-order chi connectivity index (χ0) is 21.3. The van der Waals surface area contributed by atoms with Gasteiger partial charge >= 0.3 is 6.09 Å². The van der Waals surface area contributed by atoms with E-state index in [0.29, 0.717) is 5.75 Å². The lowest BCUT2D eigenvalue weighted by Gasteiger charge is -2.39. The highest BCUT2D eigenvalue weighted by Gasteiger charge is 2.29. The van der Waals surface area contributed by atoms with Crippen LogP contribution in [0.3, 0.4) is 0 Å². The number of anilines is 3. The minimum Gasteiger partial charge on any atom is -0.410 e. The third-order valence-electron chi connectivity index (χ3n) is 5.92. The van der Waals surface area contributed by atoms with Crippen molar-refractivity contribution in [2.24, 2.45) is 5.73 Å². The molecule has 9 heteroatoms. The molecule has 4 rings (SSSR count). The molecule has 0 bridgehead atoms. The molecule has 160 valence electrons. The maximum absolute atomic E-state index is 11.2. The Hall–Kier alpha value is -3.07. The third kappa shape index (κ3) is 4.11. The van der Waals surface area contributed by atoms with E-state index in [4.69, 9.17) is 16.2 Å². The Morgan fingerprint density at radius 3 is 2.57 bits per heavy atom. The Kier molecular flexibility index (Phi) is 5.63. The molecule has 2 aliphatic rings. The first-order chi connectivity index (χ1) is 14.4. The Morgan fingerprint density at radius 1 is 1.13 bits per heavy atom. The van der Waals surface area contributed by atoms with Crippen molar-refractivity contribution in [2.75, 3.05) is 55.3 Å². The molecule has 1 saturated heterocycles. The van der Waals surface area contributed by atoms with E-state index in [1.807, 2.05) is 18.2 Å². The van der Waals surface area contributed by atoms with Gasteiger partial charge in [-0.05, 0) is 43.1 Å². The lowest BCUT2D eigenvalue weighted by Crippen LogP contribution is -2.45. The maximum Gasteiger partial charge on any atom is 0.409 e. The molecule has 0 aliphatic carbocycles. The summed E-state index contributed by atoms with van der Waals surface area (Å²) in [6, 6.07) is 7.85. The van der Waals surface area contributed by atoms with Gasteiger partial charge in [-0.15, -0.1) is 0 Å². The zero-order valence-electron chi connectivity index (χ0n) is 17.5. The number of amides is 1. The molecule has 2 aliphatic heterocycles. The summed E-state index contributed by atoms with van der Waals surface area (Å²) in [5.41, 5.74) is 13.7. The monoisotopic (exact) mass is 411 g/mol. The lowest BCUT2D eigenvalue weighted by atomic mass is 9.91. The third-order valence-corrected chi connectivity index (χ3v) is 5.92. The van der Waals surface area contributed by atoms with Gasteiger partial charge in [0, 0.05) is 38.8 Å². The Morgan fingerprint density at radius 2 is 1.87 bits per heavy atom. The van der Waals surface area contributed by atoms with Crippen molar-refractivity contribution >= 4 is 23.7 Å². The predicted molar refractivity (Wildman–Crippen MR) is 117 cm³/mol. The molecule has 1 amide bonds. The molecule has 2 aromatic rings. The Labute approximate surface area is 176 Å². The van der Waals surface area contributed by atoms with Crippen LogP contribution in [-0.2, 0) is 6.42 Å². The number of hydrogen-bond donors (Lipinski definition) is 2. The second-order valence-corrected chi connectivity index (χ2v) is 7.88. The Bertz CT molecular complexity index is 928. The van der Waals surface area contributed by atoms with Gasteiger partial charge in [0.1, 0.15) is 17.4 Å². The van der Waals surface area contributed by atoms with Gasteiger partial charge in [0.2, 0.25) is 5.95 Å². The number of nitrogens with two attached hydrogens (primary N) is 2. The van der Waals surface area contributed by atoms with Crippen molar-refractivity contribution < 1.29 is 9.53 Å². The number of nitrogens with zero attached hydrogens (tertiary/aromatic N) is 5. The molecule has 4 N–H and O–H groups in total. The van der Waals surface area contributed by atoms with E-state index in [9.17, 15) is 4.79 Å². The fourth-order valence-corrected chi connectivity index (χ4v) is 4.35. The summed E-state index contributed by atoms with van der Waals surface area (Å²) in [4.78, 5) is 27.1. The number of rotatable bonds is 4. The molecular formula is C21H29N7O2. The predicted octanol–water partition coefficient (Wildman–Crippen LogP) is 1.78. The smallest absolute Gasteiger partial charge is 0.409 e. The van der Waals surface area contributed by atoms with Crippen molar-refractivity contribution in [1.82, 2.24) is 14.9 Å². The molecule has 0 saturated carbocycles. The topological polar surface area (TPSA) is 114 Å². The van der Waals surface area contributed by atoms with E-state index in [1.165, 1.54) is 5.56 Å². The molecular weight excluding hydrogens is 382 g/mol. The second kappa shape index (κ2) is 8.35. The number of nitrogen functional groups attached to an aromatic ring is 1. The molecule has 0 radical (unpaired) electrons. The number of fused-ring (bicyclic) bond motifs is 1. The van der Waals surface area contributed by atoms with Gasteiger partial charge in [-0.25, -0.2) is 4.79 Å². The van der Waals surface area contributed by atoms with Crippen LogP contribution in [-0.4, -0.2) is 60.7 Å². The SMILES string of the molecule is CCC1c2cc(OC(N)=O)ccc2CCN1c1cc(N2CCN(C)CC2)nc(N)n1. The highest BCUT2D eigenvalue weighted by molar-refractivity contribution is 5.68. The normalized spacial score (nSPS) is 19.5. The van der Waals surface area contributed by atoms with Crippen molar-refractivity contribution in [3.05, 3.63) is 35.4 Å². The second-order valence-electron chi connectivity index (χ2n) is 7.88. The van der Waals surface area contributed by atoms with Crippen molar-refractivity contribution in [2.45, 2.75) is 25.8 Å². The van der Waals surface area contributed by atoms with Gasteiger partial charge in [-0.1, -0.05) is 13.0 Å². The number of primary amides is 1. The van der Waals surface area contributed by atoms with E-state index in [1.54, 1.807) is 6.07 Å². The summed E-state index contributed by atoms with van der Waals surface area (Å²) in [6.45, 7) is 6.80. The van der Waals surface area contributed by atoms with E-state index in [0.717, 1.165) is 62.8 Å². The van der Waals surface area contributed by atoms with Gasteiger partial charge in [0.25, 0.3) is 0 Å². The largest absolute Gasteiger partial charge is 0.410 e. The molecule has 3 heterocycles. The van der Waals surface area contributed by atoms with Crippen LogP contribution in [0.1, 0.15) is 30.5 Å². The van der Waals surface area contributed by atoms with Crippen LogP contribution in [0.15, 0.2) is 24.3 Å². The molecule has 0 spiro atoms. The summed E-state index contributed by atoms with van der Waals surface area (Å²) < 4.78 is 5.10. The number of piperazine rings is 1. The average molecular weight is 412 g/mol. The van der Waals surface area contributed by atoms with E-state index in [-0.39, 0.29) is 12.0 Å². The van der Waals surface area contributed by atoms with Gasteiger partial charge in [0.15, 0.2) is 0 Å². The molecule has 9 nitrogen and oxygen atoms in total. The number of carbonyl (C=O) groups excluding carboxylic acids is 1. The lowest BCUT2D eigenvalue weighted by molar-refractivity contribution is 0.211. The summed E-state index contributed by atoms with van der Waals surface area (Å²) in [5, 5.41) is 0. The molecule has 1 atom stereocenters. The molecule has 1 unspecified atom stereocenters. The average Bonchev–Trinajstić information content (AvgIpc) is 2.72. The summed E-state index contributed by atoms with van der Waals surface area (Å²) in [6.07, 6.45) is 0.938. The minimum absolute atomic E-state index is 0.0971. The number of benzene rings is 1. The number of aromatic nitrogens is 2. The molecule has 1 fully saturated rings. The fourth-order valence-electron chi connectivity index (χ4n) is 4.35. The Balaban J connectivity index is 1.65. The van der Waals surface area contributed by atoms with Crippen LogP contribution in [0.4, 0.5) is 22.4 Å². The van der Waals surface area contributed by atoms with Crippen molar-refractivity contribution in [3.63, 3.8) is 0 Å². The summed E-state index contributed by atoms with van der Waals surface area (Å²) in [5.74, 6) is 2.45. The van der Waals surface area contributed by atoms with Crippen LogP contribution in [0.25, 0.3) is 0 Å². The number of carbonyl (C=O) groups is 1. The van der Waals surface area contributed by atoms with Crippen molar-refractivity contribution in [1.29, 1.82) is 0 Å². The van der Waals surface area contributed by atoms with Crippen LogP contribution < -0.4 is 26.0 Å². The highest BCUT2D eigenvalue weighted by Crippen LogP contribution is 2.37. The standard InChI is InChI=1S/C21H29N7O2/c1-3-17-16-12-15(30-21(23)29)5-4-14(16)6-7-28(17)19-13-18(24-20(22)25-19)27-10-8-26(2)9-11-27/h4-5,12-13,17H,3,6-11H2,1-2H3,(H2,23,29)(H2,22,24,25).